The molecule has 6 nitrogen and oxygen atoms in total. The Morgan fingerprint density at radius 3 is 0.973 bits per heavy atom. The molecule has 0 aromatic heterocycles. The van der Waals surface area contributed by atoms with Gasteiger partial charge in [0, 0.05) is 12.8 Å². The molecular formula is C69H133NO5. The normalized spacial score (nSPS) is 12.6. The van der Waals surface area contributed by atoms with Crippen LogP contribution >= 0.6 is 0 Å². The van der Waals surface area contributed by atoms with Crippen LogP contribution in [0.3, 0.4) is 0 Å². The van der Waals surface area contributed by atoms with Gasteiger partial charge in [-0.25, -0.2) is 0 Å². The third-order valence-corrected chi connectivity index (χ3v) is 16.0. The van der Waals surface area contributed by atoms with Crippen LogP contribution in [0, 0.1) is 0 Å². The molecule has 3 N–H and O–H groups in total. The Bertz CT molecular complexity index is 1170. The maximum Gasteiger partial charge on any atom is 0.305 e. The van der Waals surface area contributed by atoms with Crippen LogP contribution in [0.2, 0.25) is 0 Å². The first-order valence-electron chi connectivity index (χ1n) is 34.1. The van der Waals surface area contributed by atoms with Gasteiger partial charge in [-0.2, -0.15) is 0 Å². The van der Waals surface area contributed by atoms with E-state index in [-0.39, 0.29) is 18.5 Å². The van der Waals surface area contributed by atoms with Gasteiger partial charge in [-0.05, 0) is 77.0 Å². The fourth-order valence-corrected chi connectivity index (χ4v) is 10.7. The van der Waals surface area contributed by atoms with Crippen molar-refractivity contribution in [2.75, 3.05) is 13.2 Å². The van der Waals surface area contributed by atoms with Crippen molar-refractivity contribution in [2.45, 2.75) is 392 Å². The van der Waals surface area contributed by atoms with Gasteiger partial charge >= 0.3 is 5.97 Å². The summed E-state index contributed by atoms with van der Waals surface area (Å²) in [5.74, 6) is -0.0282. The molecule has 1 amide bonds. The minimum Gasteiger partial charge on any atom is -0.466 e. The van der Waals surface area contributed by atoms with Crippen molar-refractivity contribution in [3.05, 3.63) is 24.3 Å². The largest absolute Gasteiger partial charge is 0.466 e. The standard InChI is InChI=1S/C69H133NO5/c1-3-5-7-9-11-13-15-17-18-19-20-29-32-35-38-41-45-49-53-57-61-67(72)66(65-71)70-68(73)62-58-54-50-46-42-39-36-33-30-27-25-23-21-22-24-26-28-31-34-37-40-44-48-52-56-60-64-75-69(74)63-59-55-51-47-43-16-14-12-10-8-6-4-2/h12,14,21,23,66-67,71-72H,3-11,13,15-20,22,24-65H2,1-2H3,(H,70,73)/b14-12-,23-21-. The number of nitrogens with one attached hydrogen (secondary N) is 1. The van der Waals surface area contributed by atoms with E-state index in [1.165, 1.54) is 302 Å². The first kappa shape index (κ1) is 73.3. The van der Waals surface area contributed by atoms with Crippen molar-refractivity contribution in [1.82, 2.24) is 5.32 Å². The van der Waals surface area contributed by atoms with E-state index in [0.717, 1.165) is 44.9 Å². The molecule has 0 aliphatic rings. The lowest BCUT2D eigenvalue weighted by molar-refractivity contribution is -0.143. The number of esters is 1. The predicted molar refractivity (Wildman–Crippen MR) is 329 cm³/mol. The number of ether oxygens (including phenoxy) is 1. The zero-order valence-corrected chi connectivity index (χ0v) is 50.8. The zero-order valence-electron chi connectivity index (χ0n) is 50.8. The summed E-state index contributed by atoms with van der Waals surface area (Å²) in [4.78, 5) is 24.6. The molecule has 0 aliphatic heterocycles. The van der Waals surface area contributed by atoms with E-state index in [1.807, 2.05) is 0 Å². The molecule has 2 atom stereocenters. The molecule has 0 aromatic rings. The number of hydrogen-bond acceptors (Lipinski definition) is 5. The molecule has 0 saturated heterocycles. The van der Waals surface area contributed by atoms with Gasteiger partial charge in [-0.1, -0.05) is 314 Å². The van der Waals surface area contributed by atoms with Gasteiger partial charge in [0.15, 0.2) is 0 Å². The molecule has 444 valence electrons. The average Bonchev–Trinajstić information content (AvgIpc) is 3.41. The van der Waals surface area contributed by atoms with Gasteiger partial charge < -0.3 is 20.3 Å². The van der Waals surface area contributed by atoms with Crippen LogP contribution < -0.4 is 5.32 Å². The smallest absolute Gasteiger partial charge is 0.305 e. The highest BCUT2D eigenvalue weighted by molar-refractivity contribution is 5.76. The lowest BCUT2D eigenvalue weighted by Gasteiger charge is -2.22. The summed E-state index contributed by atoms with van der Waals surface area (Å²) in [6.07, 6.45) is 80.7. The minimum atomic E-state index is -0.666. The second kappa shape index (κ2) is 64.9. The molecular weight excluding hydrogens is 923 g/mol. The first-order valence-corrected chi connectivity index (χ1v) is 34.1. The molecule has 2 unspecified atom stereocenters. The summed E-state index contributed by atoms with van der Waals surface area (Å²) in [6.45, 7) is 4.96. The van der Waals surface area contributed by atoms with Gasteiger partial charge in [0.2, 0.25) is 5.91 Å². The number of aliphatic hydroxyl groups is 2. The van der Waals surface area contributed by atoms with Crippen molar-refractivity contribution >= 4 is 11.9 Å². The topological polar surface area (TPSA) is 95.9 Å². The third-order valence-electron chi connectivity index (χ3n) is 16.0. The van der Waals surface area contributed by atoms with Crippen LogP contribution in [0.5, 0.6) is 0 Å². The number of unbranched alkanes of at least 4 members (excludes halogenated alkanes) is 49. The molecule has 0 aromatic carbocycles. The molecule has 0 aliphatic carbocycles. The van der Waals surface area contributed by atoms with E-state index in [0.29, 0.717) is 25.9 Å². The monoisotopic (exact) mass is 1060 g/mol. The van der Waals surface area contributed by atoms with Gasteiger partial charge in [-0.3, -0.25) is 9.59 Å². The zero-order chi connectivity index (χ0) is 54.3. The summed E-state index contributed by atoms with van der Waals surface area (Å²) in [5, 5.41) is 23.4. The lowest BCUT2D eigenvalue weighted by Crippen LogP contribution is -2.45. The molecule has 0 radical (unpaired) electrons. The van der Waals surface area contributed by atoms with Crippen LogP contribution in [0.15, 0.2) is 24.3 Å². The summed E-state index contributed by atoms with van der Waals surface area (Å²) in [7, 11) is 0. The van der Waals surface area contributed by atoms with Gasteiger partial charge in [0.1, 0.15) is 0 Å². The molecule has 0 spiro atoms. The highest BCUT2D eigenvalue weighted by atomic mass is 16.5. The Labute approximate surface area is 469 Å². The highest BCUT2D eigenvalue weighted by Gasteiger charge is 2.20. The fraction of sp³-hybridized carbons (Fsp3) is 0.913. The summed E-state index contributed by atoms with van der Waals surface area (Å²) < 4.78 is 5.47. The minimum absolute atomic E-state index is 0.00479. The van der Waals surface area contributed by atoms with E-state index in [2.05, 4.69) is 43.5 Å². The molecule has 0 saturated carbocycles. The number of amides is 1. The molecule has 0 bridgehead atoms. The number of aliphatic hydroxyl groups excluding tert-OH is 2. The number of carbonyl (C=O) groups is 2. The van der Waals surface area contributed by atoms with E-state index in [4.69, 9.17) is 4.74 Å². The molecule has 6 heteroatoms. The Hall–Kier alpha value is -1.66. The lowest BCUT2D eigenvalue weighted by atomic mass is 10.0. The van der Waals surface area contributed by atoms with E-state index >= 15 is 0 Å². The predicted octanol–water partition coefficient (Wildman–Crippen LogP) is 21.8. The fourth-order valence-electron chi connectivity index (χ4n) is 10.7. The molecule has 0 rings (SSSR count). The summed E-state index contributed by atoms with van der Waals surface area (Å²) in [6, 6.07) is -0.543. The Kier molecular flexibility index (Phi) is 63.4. The Morgan fingerprint density at radius 1 is 0.360 bits per heavy atom. The van der Waals surface area contributed by atoms with Gasteiger partial charge in [-0.15, -0.1) is 0 Å². The van der Waals surface area contributed by atoms with Crippen LogP contribution in [-0.2, 0) is 14.3 Å². The van der Waals surface area contributed by atoms with E-state index < -0.39 is 12.1 Å². The van der Waals surface area contributed by atoms with Crippen molar-refractivity contribution in [3.8, 4) is 0 Å². The number of carbonyl (C=O) groups excluding carboxylic acids is 2. The van der Waals surface area contributed by atoms with Gasteiger partial charge in [0.05, 0.1) is 25.4 Å². The number of rotatable bonds is 64. The Morgan fingerprint density at radius 2 is 0.627 bits per heavy atom. The first-order chi connectivity index (χ1) is 37.0. The molecule has 0 heterocycles. The second-order valence-corrected chi connectivity index (χ2v) is 23.5. The average molecular weight is 1060 g/mol. The maximum atomic E-state index is 12.5. The van der Waals surface area contributed by atoms with Crippen molar-refractivity contribution in [2.24, 2.45) is 0 Å². The highest BCUT2D eigenvalue weighted by Crippen LogP contribution is 2.18. The van der Waals surface area contributed by atoms with Crippen molar-refractivity contribution in [1.29, 1.82) is 0 Å². The van der Waals surface area contributed by atoms with Crippen LogP contribution in [0.25, 0.3) is 0 Å². The Balaban J connectivity index is 3.39. The van der Waals surface area contributed by atoms with E-state index in [9.17, 15) is 19.8 Å². The second-order valence-electron chi connectivity index (χ2n) is 23.5. The summed E-state index contributed by atoms with van der Waals surface area (Å²) >= 11 is 0. The molecule has 75 heavy (non-hydrogen) atoms. The number of hydrogen-bond donors (Lipinski definition) is 3. The van der Waals surface area contributed by atoms with Crippen LogP contribution in [-0.4, -0.2) is 47.4 Å². The van der Waals surface area contributed by atoms with Crippen molar-refractivity contribution in [3.63, 3.8) is 0 Å². The maximum absolute atomic E-state index is 12.5. The van der Waals surface area contributed by atoms with Crippen molar-refractivity contribution < 1.29 is 24.5 Å². The van der Waals surface area contributed by atoms with E-state index in [1.54, 1.807) is 0 Å². The molecule has 0 fully saturated rings. The summed E-state index contributed by atoms with van der Waals surface area (Å²) in [5.41, 5.74) is 0. The van der Waals surface area contributed by atoms with Gasteiger partial charge in [0.25, 0.3) is 0 Å². The quantitative estimate of drug-likeness (QED) is 0.0320. The SMILES string of the molecule is CCCCC/C=C\CCCCCCCC(=O)OCCCCCCCCCCCCCC/C=C\CCCCCCCCCCCCC(=O)NC(CO)C(O)CCCCCCCCCCCCCCCCCCCCCC. The third kappa shape index (κ3) is 61.4. The van der Waals surface area contributed by atoms with Crippen LogP contribution in [0.4, 0.5) is 0 Å². The van der Waals surface area contributed by atoms with Crippen LogP contribution in [0.1, 0.15) is 380 Å². The number of allylic oxidation sites excluding steroid dienone is 4.